The van der Waals surface area contributed by atoms with Crippen LogP contribution in [0.4, 0.5) is 4.39 Å². The van der Waals surface area contributed by atoms with Crippen LogP contribution < -0.4 is 0 Å². The molecule has 0 spiro atoms. The summed E-state index contributed by atoms with van der Waals surface area (Å²) < 4.78 is 40.6. The van der Waals surface area contributed by atoms with Gasteiger partial charge in [0, 0.05) is 18.1 Å². The molecule has 3 rings (SSSR count). The average Bonchev–Trinajstić information content (AvgIpc) is 2.59. The van der Waals surface area contributed by atoms with E-state index in [1.807, 2.05) is 36.4 Å². The molecule has 1 heterocycles. The number of halogens is 2. The lowest BCUT2D eigenvalue weighted by Crippen LogP contribution is -2.35. The molecular weight excluding hydrogens is 349 g/mol. The lowest BCUT2D eigenvalue weighted by Gasteiger charge is -2.26. The maximum absolute atomic E-state index is 13.6. The zero-order valence-electron chi connectivity index (χ0n) is 13.2. The van der Waals surface area contributed by atoms with Crippen LogP contribution >= 0.6 is 11.6 Å². The molecule has 2 aromatic carbocycles. The Kier molecular flexibility index (Phi) is 4.76. The second-order valence-corrected chi connectivity index (χ2v) is 8.03. The van der Waals surface area contributed by atoms with Crippen molar-refractivity contribution in [2.24, 2.45) is 0 Å². The van der Waals surface area contributed by atoms with Gasteiger partial charge in [0.15, 0.2) is 0 Å². The van der Waals surface area contributed by atoms with E-state index in [-0.39, 0.29) is 16.5 Å². The number of sulfonamides is 1. The standard InChI is InChI=1S/C18H17ClFNO2S/c1-13-17(19)11-16(20)12-18(13)24(22,23)21-9-7-15(8-10-21)14-5-3-2-4-6-14/h2-7,11-12H,8-10H2,1H3. The molecule has 0 aliphatic carbocycles. The Bertz CT molecular complexity index is 895. The quantitative estimate of drug-likeness (QED) is 0.814. The van der Waals surface area contributed by atoms with Crippen molar-refractivity contribution in [3.8, 4) is 0 Å². The highest BCUT2D eigenvalue weighted by molar-refractivity contribution is 7.89. The topological polar surface area (TPSA) is 37.4 Å². The third kappa shape index (κ3) is 3.24. The molecule has 3 nitrogen and oxygen atoms in total. The summed E-state index contributed by atoms with van der Waals surface area (Å²) in [6, 6.07) is 12.0. The van der Waals surface area contributed by atoms with Gasteiger partial charge in [0.05, 0.1) is 4.90 Å². The Morgan fingerprint density at radius 2 is 1.88 bits per heavy atom. The first kappa shape index (κ1) is 17.1. The SMILES string of the molecule is Cc1c(Cl)cc(F)cc1S(=O)(=O)N1CC=C(c2ccccc2)CC1. The Labute approximate surface area is 146 Å². The van der Waals surface area contributed by atoms with Crippen LogP contribution in [0.15, 0.2) is 53.4 Å². The molecule has 0 unspecified atom stereocenters. The van der Waals surface area contributed by atoms with E-state index in [0.29, 0.717) is 18.5 Å². The van der Waals surface area contributed by atoms with Crippen LogP contribution in [0.2, 0.25) is 5.02 Å². The molecule has 0 bridgehead atoms. The number of rotatable bonds is 3. The monoisotopic (exact) mass is 365 g/mol. The van der Waals surface area contributed by atoms with Crippen LogP contribution in [0, 0.1) is 12.7 Å². The van der Waals surface area contributed by atoms with E-state index >= 15 is 0 Å². The molecule has 0 aromatic heterocycles. The lowest BCUT2D eigenvalue weighted by molar-refractivity contribution is 0.440. The minimum absolute atomic E-state index is 0.0657. The van der Waals surface area contributed by atoms with Crippen molar-refractivity contribution in [1.29, 1.82) is 0 Å². The smallest absolute Gasteiger partial charge is 0.207 e. The van der Waals surface area contributed by atoms with Crippen LogP contribution in [-0.2, 0) is 10.0 Å². The molecule has 0 fully saturated rings. The van der Waals surface area contributed by atoms with Gasteiger partial charge >= 0.3 is 0 Å². The van der Waals surface area contributed by atoms with Gasteiger partial charge in [0.1, 0.15) is 5.82 Å². The van der Waals surface area contributed by atoms with Gasteiger partial charge in [-0.1, -0.05) is 48.0 Å². The first-order chi connectivity index (χ1) is 11.4. The Balaban J connectivity index is 1.90. The fourth-order valence-electron chi connectivity index (χ4n) is 2.81. The molecule has 0 amide bonds. The lowest BCUT2D eigenvalue weighted by atomic mass is 10.0. The highest BCUT2D eigenvalue weighted by Crippen LogP contribution is 2.30. The molecule has 0 radical (unpaired) electrons. The number of benzene rings is 2. The summed E-state index contributed by atoms with van der Waals surface area (Å²) in [4.78, 5) is -0.0657. The van der Waals surface area contributed by atoms with Crippen molar-refractivity contribution in [2.75, 3.05) is 13.1 Å². The van der Waals surface area contributed by atoms with E-state index < -0.39 is 15.8 Å². The second-order valence-electron chi connectivity index (χ2n) is 5.72. The molecule has 0 N–H and O–H groups in total. The Morgan fingerprint density at radius 1 is 1.17 bits per heavy atom. The van der Waals surface area contributed by atoms with E-state index in [1.165, 1.54) is 4.31 Å². The van der Waals surface area contributed by atoms with Gasteiger partial charge in [0.25, 0.3) is 0 Å². The molecule has 0 saturated heterocycles. The molecule has 126 valence electrons. The molecule has 0 saturated carbocycles. The predicted molar refractivity (Wildman–Crippen MR) is 93.9 cm³/mol. The van der Waals surface area contributed by atoms with Gasteiger partial charge in [0.2, 0.25) is 10.0 Å². The first-order valence-corrected chi connectivity index (χ1v) is 9.41. The summed E-state index contributed by atoms with van der Waals surface area (Å²) in [6.07, 6.45) is 2.53. The van der Waals surface area contributed by atoms with Gasteiger partial charge in [-0.05, 0) is 42.2 Å². The second kappa shape index (κ2) is 6.67. The van der Waals surface area contributed by atoms with E-state index in [1.54, 1.807) is 6.92 Å². The maximum Gasteiger partial charge on any atom is 0.243 e. The highest BCUT2D eigenvalue weighted by Gasteiger charge is 2.29. The summed E-state index contributed by atoms with van der Waals surface area (Å²) in [7, 11) is -3.78. The molecule has 0 atom stereocenters. The van der Waals surface area contributed by atoms with E-state index in [4.69, 9.17) is 11.6 Å². The summed E-state index contributed by atoms with van der Waals surface area (Å²) in [5.74, 6) is -0.651. The summed E-state index contributed by atoms with van der Waals surface area (Å²) in [6.45, 7) is 2.21. The summed E-state index contributed by atoms with van der Waals surface area (Å²) in [5, 5.41) is 0.117. The molecule has 1 aliphatic rings. The number of hydrogen-bond donors (Lipinski definition) is 0. The first-order valence-electron chi connectivity index (χ1n) is 7.60. The van der Waals surface area contributed by atoms with Crippen LogP contribution in [-0.4, -0.2) is 25.8 Å². The van der Waals surface area contributed by atoms with Crippen LogP contribution in [0.3, 0.4) is 0 Å². The largest absolute Gasteiger partial charge is 0.243 e. The fraction of sp³-hybridized carbons (Fsp3) is 0.222. The maximum atomic E-state index is 13.6. The van der Waals surface area contributed by atoms with Gasteiger partial charge in [-0.25, -0.2) is 12.8 Å². The average molecular weight is 366 g/mol. The van der Waals surface area contributed by atoms with Crippen LogP contribution in [0.25, 0.3) is 5.57 Å². The highest BCUT2D eigenvalue weighted by atomic mass is 35.5. The molecule has 6 heteroatoms. The molecule has 2 aromatic rings. The summed E-state index contributed by atoms with van der Waals surface area (Å²) >= 11 is 5.93. The summed E-state index contributed by atoms with van der Waals surface area (Å²) in [5.41, 5.74) is 2.59. The van der Waals surface area contributed by atoms with Gasteiger partial charge < -0.3 is 0 Å². The van der Waals surface area contributed by atoms with E-state index in [9.17, 15) is 12.8 Å². The van der Waals surface area contributed by atoms with E-state index in [2.05, 4.69) is 0 Å². The minimum Gasteiger partial charge on any atom is -0.207 e. The zero-order chi connectivity index (χ0) is 17.3. The molecule has 24 heavy (non-hydrogen) atoms. The van der Waals surface area contributed by atoms with Crippen molar-refractivity contribution in [3.63, 3.8) is 0 Å². The van der Waals surface area contributed by atoms with Gasteiger partial charge in [-0.15, -0.1) is 0 Å². The minimum atomic E-state index is -3.78. The molecular formula is C18H17ClFNO2S. The van der Waals surface area contributed by atoms with Crippen LogP contribution in [0.1, 0.15) is 17.5 Å². The predicted octanol–water partition coefficient (Wildman–Crippen LogP) is 4.27. The number of nitrogens with zero attached hydrogens (tertiary/aromatic N) is 1. The third-order valence-electron chi connectivity index (χ3n) is 4.20. The number of hydrogen-bond acceptors (Lipinski definition) is 2. The van der Waals surface area contributed by atoms with Crippen molar-refractivity contribution in [1.82, 2.24) is 4.31 Å². The Hall–Kier alpha value is -1.69. The Morgan fingerprint density at radius 3 is 2.50 bits per heavy atom. The molecule has 1 aliphatic heterocycles. The van der Waals surface area contributed by atoms with Gasteiger partial charge in [-0.3, -0.25) is 0 Å². The normalized spacial score (nSPS) is 16.0. The fourth-order valence-corrected chi connectivity index (χ4v) is 4.71. The van der Waals surface area contributed by atoms with Crippen molar-refractivity contribution >= 4 is 27.2 Å². The third-order valence-corrected chi connectivity index (χ3v) is 6.58. The van der Waals surface area contributed by atoms with E-state index in [0.717, 1.165) is 23.3 Å². The van der Waals surface area contributed by atoms with Crippen molar-refractivity contribution < 1.29 is 12.8 Å². The van der Waals surface area contributed by atoms with Crippen molar-refractivity contribution in [3.05, 3.63) is 70.5 Å². The van der Waals surface area contributed by atoms with Gasteiger partial charge in [-0.2, -0.15) is 4.31 Å². The zero-order valence-corrected chi connectivity index (χ0v) is 14.7. The van der Waals surface area contributed by atoms with Crippen LogP contribution in [0.5, 0.6) is 0 Å². The van der Waals surface area contributed by atoms with Crippen molar-refractivity contribution in [2.45, 2.75) is 18.2 Å².